The van der Waals surface area contributed by atoms with E-state index in [1.54, 1.807) is 11.3 Å². The van der Waals surface area contributed by atoms with Gasteiger partial charge in [-0.05, 0) is 13.3 Å². The summed E-state index contributed by atoms with van der Waals surface area (Å²) in [6, 6.07) is 0.476. The van der Waals surface area contributed by atoms with Crippen molar-refractivity contribution in [1.29, 1.82) is 0 Å². The molecule has 4 heteroatoms. The molecule has 1 saturated heterocycles. The molecule has 0 saturated carbocycles. The fourth-order valence-electron chi connectivity index (χ4n) is 1.94. The molecule has 3 nitrogen and oxygen atoms in total. The average Bonchev–Trinajstić information content (AvgIpc) is 2.78. The van der Waals surface area contributed by atoms with Gasteiger partial charge in [0.1, 0.15) is 0 Å². The molecule has 0 aromatic carbocycles. The second-order valence-corrected chi connectivity index (χ2v) is 4.92. The maximum Gasteiger partial charge on any atom is 0.0926 e. The van der Waals surface area contributed by atoms with Gasteiger partial charge in [-0.1, -0.05) is 6.92 Å². The summed E-state index contributed by atoms with van der Waals surface area (Å²) in [4.78, 5) is 7.17. The number of hydrogen-bond donors (Lipinski definition) is 1. The van der Waals surface area contributed by atoms with E-state index in [4.69, 9.17) is 0 Å². The van der Waals surface area contributed by atoms with Crippen molar-refractivity contribution in [2.24, 2.45) is 0 Å². The molecular formula is C11H19N3S. The van der Waals surface area contributed by atoms with Crippen molar-refractivity contribution >= 4 is 11.3 Å². The lowest BCUT2D eigenvalue weighted by Gasteiger charge is -2.31. The Labute approximate surface area is 95.5 Å². The van der Waals surface area contributed by atoms with Gasteiger partial charge in [-0.3, -0.25) is 4.90 Å². The van der Waals surface area contributed by atoms with Gasteiger partial charge in [-0.25, -0.2) is 4.98 Å². The SMILES string of the molecule is CCc1nc(C(C)N2CCNCC2)cs1. The largest absolute Gasteiger partial charge is 0.314 e. The number of thiazole rings is 1. The Morgan fingerprint density at radius 3 is 2.87 bits per heavy atom. The van der Waals surface area contributed by atoms with Crippen LogP contribution in [0.15, 0.2) is 5.38 Å². The van der Waals surface area contributed by atoms with Gasteiger partial charge in [-0.2, -0.15) is 0 Å². The minimum Gasteiger partial charge on any atom is -0.314 e. The van der Waals surface area contributed by atoms with Crippen LogP contribution in [0.4, 0.5) is 0 Å². The highest BCUT2D eigenvalue weighted by Gasteiger charge is 2.19. The molecule has 15 heavy (non-hydrogen) atoms. The van der Waals surface area contributed by atoms with Crippen LogP contribution in [0.2, 0.25) is 0 Å². The third-order valence-electron chi connectivity index (χ3n) is 3.00. The molecule has 0 aliphatic carbocycles. The Kier molecular flexibility index (Phi) is 3.72. The van der Waals surface area contributed by atoms with Crippen molar-refractivity contribution in [1.82, 2.24) is 15.2 Å². The van der Waals surface area contributed by atoms with Crippen LogP contribution in [-0.4, -0.2) is 36.1 Å². The molecule has 0 bridgehead atoms. The van der Waals surface area contributed by atoms with Gasteiger partial charge < -0.3 is 5.32 Å². The summed E-state index contributed by atoms with van der Waals surface area (Å²) >= 11 is 1.79. The molecule has 0 spiro atoms. The van der Waals surface area contributed by atoms with E-state index < -0.39 is 0 Å². The summed E-state index contributed by atoms with van der Waals surface area (Å²) in [7, 11) is 0. The lowest BCUT2D eigenvalue weighted by Crippen LogP contribution is -2.44. The molecule has 1 unspecified atom stereocenters. The number of nitrogens with one attached hydrogen (secondary N) is 1. The van der Waals surface area contributed by atoms with Crippen LogP contribution in [0.3, 0.4) is 0 Å². The van der Waals surface area contributed by atoms with E-state index in [-0.39, 0.29) is 0 Å². The first-order valence-electron chi connectivity index (χ1n) is 5.70. The smallest absolute Gasteiger partial charge is 0.0926 e. The molecule has 1 N–H and O–H groups in total. The molecule has 0 radical (unpaired) electrons. The van der Waals surface area contributed by atoms with Crippen LogP contribution < -0.4 is 5.32 Å². The predicted octanol–water partition coefficient (Wildman–Crippen LogP) is 1.67. The summed E-state index contributed by atoms with van der Waals surface area (Å²) in [5.41, 5.74) is 1.25. The minimum atomic E-state index is 0.476. The van der Waals surface area contributed by atoms with Crippen LogP contribution in [0, 0.1) is 0 Å². The van der Waals surface area contributed by atoms with E-state index in [1.807, 2.05) is 0 Å². The van der Waals surface area contributed by atoms with Crippen molar-refractivity contribution in [3.8, 4) is 0 Å². The fourth-order valence-corrected chi connectivity index (χ4v) is 2.77. The lowest BCUT2D eigenvalue weighted by molar-refractivity contribution is 0.183. The van der Waals surface area contributed by atoms with E-state index in [0.29, 0.717) is 6.04 Å². The van der Waals surface area contributed by atoms with Gasteiger partial charge in [-0.15, -0.1) is 11.3 Å². The molecule has 2 heterocycles. The van der Waals surface area contributed by atoms with Crippen LogP contribution in [0.5, 0.6) is 0 Å². The topological polar surface area (TPSA) is 28.2 Å². The second-order valence-electron chi connectivity index (χ2n) is 3.98. The molecule has 1 aliphatic heterocycles. The molecule has 0 amide bonds. The van der Waals surface area contributed by atoms with Gasteiger partial charge in [0.15, 0.2) is 0 Å². The van der Waals surface area contributed by atoms with E-state index >= 15 is 0 Å². The molecule has 2 rings (SSSR count). The van der Waals surface area contributed by atoms with E-state index in [0.717, 1.165) is 32.6 Å². The third kappa shape index (κ3) is 2.56. The zero-order valence-corrected chi connectivity index (χ0v) is 10.3. The van der Waals surface area contributed by atoms with E-state index in [9.17, 15) is 0 Å². The van der Waals surface area contributed by atoms with E-state index in [2.05, 4.69) is 34.4 Å². The monoisotopic (exact) mass is 225 g/mol. The summed E-state index contributed by atoms with van der Waals surface area (Å²) in [6.45, 7) is 8.92. The maximum atomic E-state index is 4.66. The Hall–Kier alpha value is -0.450. The highest BCUT2D eigenvalue weighted by Crippen LogP contribution is 2.22. The maximum absolute atomic E-state index is 4.66. The summed E-state index contributed by atoms with van der Waals surface area (Å²) in [5, 5.41) is 6.85. The van der Waals surface area contributed by atoms with Gasteiger partial charge >= 0.3 is 0 Å². The lowest BCUT2D eigenvalue weighted by atomic mass is 10.2. The van der Waals surface area contributed by atoms with Crippen LogP contribution in [0.1, 0.15) is 30.6 Å². The van der Waals surface area contributed by atoms with Crippen molar-refractivity contribution in [3.63, 3.8) is 0 Å². The standard InChI is InChI=1S/C11H19N3S/c1-3-11-13-10(8-15-11)9(2)14-6-4-12-5-7-14/h8-9,12H,3-7H2,1-2H3. The number of aromatic nitrogens is 1. The summed E-state index contributed by atoms with van der Waals surface area (Å²) < 4.78 is 0. The average molecular weight is 225 g/mol. The zero-order chi connectivity index (χ0) is 10.7. The van der Waals surface area contributed by atoms with Crippen LogP contribution >= 0.6 is 11.3 Å². The molecule has 1 aromatic rings. The Balaban J connectivity index is 2.02. The van der Waals surface area contributed by atoms with Crippen molar-refractivity contribution in [2.45, 2.75) is 26.3 Å². The Bertz CT molecular complexity index is 305. The summed E-state index contributed by atoms with van der Waals surface area (Å²) in [5.74, 6) is 0. The van der Waals surface area contributed by atoms with Gasteiger partial charge in [0.2, 0.25) is 0 Å². The first kappa shape index (κ1) is 11.0. The first-order chi connectivity index (χ1) is 7.31. The second kappa shape index (κ2) is 5.05. The van der Waals surface area contributed by atoms with Crippen molar-refractivity contribution < 1.29 is 0 Å². The van der Waals surface area contributed by atoms with Crippen LogP contribution in [-0.2, 0) is 6.42 Å². The molecule has 1 aromatic heterocycles. The molecule has 84 valence electrons. The molecular weight excluding hydrogens is 206 g/mol. The predicted molar refractivity (Wildman–Crippen MR) is 64.3 cm³/mol. The van der Waals surface area contributed by atoms with Gasteiger partial charge in [0, 0.05) is 31.6 Å². The third-order valence-corrected chi connectivity index (χ3v) is 4.01. The van der Waals surface area contributed by atoms with Crippen molar-refractivity contribution in [3.05, 3.63) is 16.1 Å². The Morgan fingerprint density at radius 2 is 2.27 bits per heavy atom. The van der Waals surface area contributed by atoms with E-state index in [1.165, 1.54) is 10.7 Å². The molecule has 1 atom stereocenters. The Morgan fingerprint density at radius 1 is 1.53 bits per heavy atom. The van der Waals surface area contributed by atoms with Crippen molar-refractivity contribution in [2.75, 3.05) is 26.2 Å². The fraction of sp³-hybridized carbons (Fsp3) is 0.727. The number of nitrogens with zero attached hydrogens (tertiary/aromatic N) is 2. The molecule has 1 aliphatic rings. The highest BCUT2D eigenvalue weighted by atomic mass is 32.1. The van der Waals surface area contributed by atoms with Gasteiger partial charge in [0.05, 0.1) is 16.7 Å². The number of hydrogen-bond acceptors (Lipinski definition) is 4. The number of rotatable bonds is 3. The normalized spacial score (nSPS) is 20.4. The number of aryl methyl sites for hydroxylation is 1. The quantitative estimate of drug-likeness (QED) is 0.848. The molecule has 1 fully saturated rings. The minimum absolute atomic E-state index is 0.476. The van der Waals surface area contributed by atoms with Crippen LogP contribution in [0.25, 0.3) is 0 Å². The zero-order valence-electron chi connectivity index (χ0n) is 9.49. The number of piperazine rings is 1. The van der Waals surface area contributed by atoms with Gasteiger partial charge in [0.25, 0.3) is 0 Å². The summed E-state index contributed by atoms with van der Waals surface area (Å²) in [6.07, 6.45) is 1.05. The highest BCUT2D eigenvalue weighted by molar-refractivity contribution is 7.09. The first-order valence-corrected chi connectivity index (χ1v) is 6.58.